The number of imidazole rings is 1. The molecule has 0 fully saturated rings. The molecular weight excluding hydrogens is 361 g/mol. The number of aromatic nitrogens is 2. The van der Waals surface area contributed by atoms with Crippen LogP contribution >= 0.6 is 0 Å². The lowest BCUT2D eigenvalue weighted by Crippen LogP contribution is -2.32. The molecule has 7 heteroatoms. The molecule has 1 aromatic heterocycles. The largest absolute Gasteiger partial charge is 0.493 e. The van der Waals surface area contributed by atoms with Crippen LogP contribution in [0.15, 0.2) is 54.9 Å². The Morgan fingerprint density at radius 1 is 1.14 bits per heavy atom. The van der Waals surface area contributed by atoms with Gasteiger partial charge in [0.15, 0.2) is 11.5 Å². The highest BCUT2D eigenvalue weighted by Gasteiger charge is 2.22. The minimum Gasteiger partial charge on any atom is -0.493 e. The van der Waals surface area contributed by atoms with Gasteiger partial charge in [-0.15, -0.1) is 0 Å². The van der Waals surface area contributed by atoms with E-state index < -0.39 is 6.04 Å². The second-order valence-electron chi connectivity index (χ2n) is 6.31. The summed E-state index contributed by atoms with van der Waals surface area (Å²) >= 11 is 0. The monoisotopic (exact) mass is 383 g/mol. The zero-order valence-corrected chi connectivity index (χ0v) is 16.0. The number of aryl methyl sites for hydroxylation is 1. The highest BCUT2D eigenvalue weighted by molar-refractivity contribution is 5.79. The molecule has 0 saturated heterocycles. The van der Waals surface area contributed by atoms with E-state index in [0.29, 0.717) is 17.3 Å². The number of halogens is 1. The van der Waals surface area contributed by atoms with Gasteiger partial charge in [0.05, 0.1) is 20.6 Å². The summed E-state index contributed by atoms with van der Waals surface area (Å²) < 4.78 is 25.6. The topological polar surface area (TPSA) is 65.4 Å². The van der Waals surface area contributed by atoms with Gasteiger partial charge in [-0.3, -0.25) is 4.79 Å². The van der Waals surface area contributed by atoms with Crippen LogP contribution in [0.25, 0.3) is 0 Å². The number of amides is 1. The number of benzene rings is 2. The third-order valence-corrected chi connectivity index (χ3v) is 4.44. The first-order valence-electron chi connectivity index (χ1n) is 8.74. The lowest BCUT2D eigenvalue weighted by Gasteiger charge is -2.20. The van der Waals surface area contributed by atoms with Crippen LogP contribution in [0.4, 0.5) is 4.39 Å². The van der Waals surface area contributed by atoms with Crippen molar-refractivity contribution < 1.29 is 18.7 Å². The SMILES string of the molecule is COc1ccc([C@H](NC(=O)Cc2ccc(F)cc2)c2nccn2C)cc1OC. The Balaban J connectivity index is 1.89. The quantitative estimate of drug-likeness (QED) is 0.681. The van der Waals surface area contributed by atoms with Crippen LogP contribution in [-0.2, 0) is 18.3 Å². The molecule has 146 valence electrons. The number of nitrogens with zero attached hydrogens (tertiary/aromatic N) is 2. The molecule has 0 aliphatic rings. The zero-order valence-electron chi connectivity index (χ0n) is 16.0. The number of ether oxygens (including phenoxy) is 2. The lowest BCUT2D eigenvalue weighted by atomic mass is 10.0. The average molecular weight is 383 g/mol. The third-order valence-electron chi connectivity index (χ3n) is 4.44. The van der Waals surface area contributed by atoms with Gasteiger partial charge in [0.25, 0.3) is 0 Å². The fourth-order valence-corrected chi connectivity index (χ4v) is 2.98. The first-order valence-corrected chi connectivity index (χ1v) is 8.74. The predicted octanol–water partition coefficient (Wildman–Crippen LogP) is 3.02. The van der Waals surface area contributed by atoms with Gasteiger partial charge in [-0.1, -0.05) is 18.2 Å². The van der Waals surface area contributed by atoms with Crippen LogP contribution in [0.1, 0.15) is 23.0 Å². The van der Waals surface area contributed by atoms with E-state index in [0.717, 1.165) is 11.1 Å². The summed E-state index contributed by atoms with van der Waals surface area (Å²) in [4.78, 5) is 17.1. The summed E-state index contributed by atoms with van der Waals surface area (Å²) in [6.45, 7) is 0. The van der Waals surface area contributed by atoms with E-state index in [1.54, 1.807) is 38.6 Å². The molecule has 1 heterocycles. The molecule has 3 aromatic rings. The second kappa shape index (κ2) is 8.56. The maximum absolute atomic E-state index is 13.1. The summed E-state index contributed by atoms with van der Waals surface area (Å²) in [6, 6.07) is 10.9. The first-order chi connectivity index (χ1) is 13.5. The Kier molecular flexibility index (Phi) is 5.93. The van der Waals surface area contributed by atoms with E-state index in [9.17, 15) is 9.18 Å². The van der Waals surface area contributed by atoms with E-state index in [-0.39, 0.29) is 18.1 Å². The summed E-state index contributed by atoms with van der Waals surface area (Å²) in [5.74, 6) is 1.31. The van der Waals surface area contributed by atoms with Crippen molar-refractivity contribution in [3.05, 3.63) is 77.6 Å². The molecule has 6 nitrogen and oxygen atoms in total. The normalized spacial score (nSPS) is 11.7. The van der Waals surface area contributed by atoms with Crippen molar-refractivity contribution in [2.45, 2.75) is 12.5 Å². The van der Waals surface area contributed by atoms with Gasteiger partial charge in [-0.05, 0) is 35.4 Å². The molecule has 28 heavy (non-hydrogen) atoms. The van der Waals surface area contributed by atoms with Gasteiger partial charge < -0.3 is 19.4 Å². The zero-order chi connectivity index (χ0) is 20.1. The summed E-state index contributed by atoms with van der Waals surface area (Å²) in [7, 11) is 4.99. The van der Waals surface area contributed by atoms with Crippen LogP contribution in [-0.4, -0.2) is 29.7 Å². The highest BCUT2D eigenvalue weighted by atomic mass is 19.1. The molecule has 0 unspecified atom stereocenters. The van der Waals surface area contributed by atoms with Crippen LogP contribution in [0, 0.1) is 5.82 Å². The molecule has 0 aliphatic heterocycles. The number of carbonyl (C=O) groups is 1. The number of carbonyl (C=O) groups excluding carboxylic acids is 1. The molecule has 1 atom stereocenters. The van der Waals surface area contributed by atoms with Crippen molar-refractivity contribution in [2.24, 2.45) is 7.05 Å². The Hall–Kier alpha value is -3.35. The van der Waals surface area contributed by atoms with Crippen LogP contribution in [0.3, 0.4) is 0 Å². The van der Waals surface area contributed by atoms with Crippen molar-refractivity contribution in [3.8, 4) is 11.5 Å². The van der Waals surface area contributed by atoms with Gasteiger partial charge in [-0.25, -0.2) is 9.37 Å². The molecule has 0 radical (unpaired) electrons. The van der Waals surface area contributed by atoms with Gasteiger partial charge in [-0.2, -0.15) is 0 Å². The third kappa shape index (κ3) is 4.31. The summed E-state index contributed by atoms with van der Waals surface area (Å²) in [5.41, 5.74) is 1.53. The Labute approximate surface area is 162 Å². The molecule has 2 aromatic carbocycles. The number of hydrogen-bond donors (Lipinski definition) is 1. The van der Waals surface area contributed by atoms with Crippen molar-refractivity contribution in [1.82, 2.24) is 14.9 Å². The molecule has 0 bridgehead atoms. The minimum atomic E-state index is -0.479. The molecular formula is C21H22FN3O3. The van der Waals surface area contributed by atoms with Gasteiger partial charge in [0.1, 0.15) is 17.7 Å². The van der Waals surface area contributed by atoms with E-state index in [1.165, 1.54) is 12.1 Å². The molecule has 0 saturated carbocycles. The Morgan fingerprint density at radius 3 is 2.46 bits per heavy atom. The maximum atomic E-state index is 13.1. The Bertz CT molecular complexity index is 954. The Morgan fingerprint density at radius 2 is 1.86 bits per heavy atom. The fourth-order valence-electron chi connectivity index (χ4n) is 2.98. The maximum Gasteiger partial charge on any atom is 0.225 e. The van der Waals surface area contributed by atoms with E-state index >= 15 is 0 Å². The number of nitrogens with one attached hydrogen (secondary N) is 1. The minimum absolute atomic E-state index is 0.133. The fraction of sp³-hybridized carbons (Fsp3) is 0.238. The number of hydrogen-bond acceptors (Lipinski definition) is 4. The van der Waals surface area contributed by atoms with Crippen LogP contribution in [0.2, 0.25) is 0 Å². The predicted molar refractivity (Wildman–Crippen MR) is 103 cm³/mol. The van der Waals surface area contributed by atoms with Crippen LogP contribution in [0.5, 0.6) is 11.5 Å². The van der Waals surface area contributed by atoms with E-state index in [1.807, 2.05) is 29.9 Å². The van der Waals surface area contributed by atoms with Gasteiger partial charge in [0.2, 0.25) is 5.91 Å². The molecule has 1 N–H and O–H groups in total. The van der Waals surface area contributed by atoms with Crippen LogP contribution < -0.4 is 14.8 Å². The number of methoxy groups -OCH3 is 2. The molecule has 1 amide bonds. The summed E-state index contributed by atoms with van der Waals surface area (Å²) in [5, 5.41) is 3.02. The molecule has 0 spiro atoms. The van der Waals surface area contributed by atoms with E-state index in [2.05, 4.69) is 10.3 Å². The van der Waals surface area contributed by atoms with Crippen molar-refractivity contribution >= 4 is 5.91 Å². The van der Waals surface area contributed by atoms with Gasteiger partial charge >= 0.3 is 0 Å². The smallest absolute Gasteiger partial charge is 0.225 e. The standard InChI is InChI=1S/C21H22FN3O3/c1-25-11-10-23-21(25)20(15-6-9-17(27-2)18(13-15)28-3)24-19(26)12-14-4-7-16(22)8-5-14/h4-11,13,20H,12H2,1-3H3,(H,24,26)/t20-/m0/s1. The van der Waals surface area contributed by atoms with Crippen molar-refractivity contribution in [1.29, 1.82) is 0 Å². The highest BCUT2D eigenvalue weighted by Crippen LogP contribution is 2.31. The molecule has 3 rings (SSSR count). The van der Waals surface area contributed by atoms with E-state index in [4.69, 9.17) is 9.47 Å². The van der Waals surface area contributed by atoms with Crippen molar-refractivity contribution in [2.75, 3.05) is 14.2 Å². The average Bonchev–Trinajstić information content (AvgIpc) is 3.13. The van der Waals surface area contributed by atoms with Gasteiger partial charge in [0, 0.05) is 19.4 Å². The first kappa shape index (κ1) is 19.4. The second-order valence-corrected chi connectivity index (χ2v) is 6.31. The lowest BCUT2D eigenvalue weighted by molar-refractivity contribution is -0.121. The molecule has 0 aliphatic carbocycles. The summed E-state index contributed by atoms with van der Waals surface area (Å²) in [6.07, 6.45) is 3.62. The number of rotatable bonds is 7. The van der Waals surface area contributed by atoms with Crippen molar-refractivity contribution in [3.63, 3.8) is 0 Å².